The quantitative estimate of drug-likeness (QED) is 0.826. The molecule has 0 aliphatic carbocycles. The lowest BCUT2D eigenvalue weighted by Crippen LogP contribution is -2.46. The van der Waals surface area contributed by atoms with Gasteiger partial charge in [0, 0.05) is 35.8 Å². The van der Waals surface area contributed by atoms with Crippen molar-refractivity contribution in [3.05, 3.63) is 36.0 Å². The number of rotatable bonds is 7. The Balaban J connectivity index is 2.18. The van der Waals surface area contributed by atoms with Crippen molar-refractivity contribution in [2.24, 2.45) is 0 Å². The fraction of sp³-hybridized carbons (Fsp3) is 0.500. The number of nitrogens with zero attached hydrogens (tertiary/aromatic N) is 1. The van der Waals surface area contributed by atoms with Crippen molar-refractivity contribution in [1.29, 1.82) is 0 Å². The first kappa shape index (κ1) is 16.6. The molecular formula is C18H26N2O2. The van der Waals surface area contributed by atoms with E-state index < -0.39 is 0 Å². The minimum atomic E-state index is -0.338. The molecule has 0 aliphatic heterocycles. The van der Waals surface area contributed by atoms with Crippen molar-refractivity contribution in [2.75, 3.05) is 6.61 Å². The molecule has 2 rings (SSSR count). The van der Waals surface area contributed by atoms with E-state index in [1.54, 1.807) is 0 Å². The van der Waals surface area contributed by atoms with Gasteiger partial charge in [0.15, 0.2) is 0 Å². The summed E-state index contributed by atoms with van der Waals surface area (Å²) in [6.45, 7) is 7.08. The van der Waals surface area contributed by atoms with E-state index >= 15 is 0 Å². The van der Waals surface area contributed by atoms with Gasteiger partial charge in [-0.1, -0.05) is 25.1 Å². The molecular weight excluding hydrogens is 276 g/mol. The zero-order chi connectivity index (χ0) is 16.2. The number of benzene rings is 1. The molecule has 1 aromatic carbocycles. The third kappa shape index (κ3) is 3.50. The molecule has 0 aliphatic rings. The van der Waals surface area contributed by atoms with E-state index in [-0.39, 0.29) is 18.1 Å². The van der Waals surface area contributed by atoms with Gasteiger partial charge in [0.2, 0.25) is 5.91 Å². The van der Waals surface area contributed by atoms with Crippen LogP contribution in [0.3, 0.4) is 0 Å². The fourth-order valence-electron chi connectivity index (χ4n) is 2.85. The minimum Gasteiger partial charge on any atom is -0.396 e. The number of hydrogen-bond acceptors (Lipinski definition) is 2. The molecule has 4 nitrogen and oxygen atoms in total. The van der Waals surface area contributed by atoms with Gasteiger partial charge < -0.3 is 15.0 Å². The van der Waals surface area contributed by atoms with E-state index in [2.05, 4.69) is 35.1 Å². The maximum absolute atomic E-state index is 12.4. The fourth-order valence-corrected chi connectivity index (χ4v) is 2.85. The topological polar surface area (TPSA) is 54.3 Å². The number of nitrogens with one attached hydrogen (secondary N) is 1. The molecule has 0 fully saturated rings. The van der Waals surface area contributed by atoms with E-state index in [9.17, 15) is 4.79 Å². The van der Waals surface area contributed by atoms with Gasteiger partial charge in [-0.15, -0.1) is 0 Å². The average molecular weight is 302 g/mol. The summed E-state index contributed by atoms with van der Waals surface area (Å²) in [7, 11) is 0. The molecule has 120 valence electrons. The van der Waals surface area contributed by atoms with Gasteiger partial charge in [-0.25, -0.2) is 0 Å². The molecule has 1 aromatic heterocycles. The van der Waals surface area contributed by atoms with Crippen LogP contribution in [0.25, 0.3) is 10.9 Å². The maximum atomic E-state index is 12.4. The Bertz CT molecular complexity index is 648. The van der Waals surface area contributed by atoms with E-state index in [4.69, 9.17) is 5.11 Å². The SMILES string of the molecule is CCn1cc(CC(=O)NC(C)(CC)CCO)c2ccccc21. The van der Waals surface area contributed by atoms with Crippen LogP contribution in [0.2, 0.25) is 0 Å². The first-order chi connectivity index (χ1) is 10.5. The van der Waals surface area contributed by atoms with Crippen molar-refractivity contribution in [3.8, 4) is 0 Å². The van der Waals surface area contributed by atoms with Crippen molar-refractivity contribution in [3.63, 3.8) is 0 Å². The van der Waals surface area contributed by atoms with Crippen LogP contribution in [0.15, 0.2) is 30.5 Å². The lowest BCUT2D eigenvalue weighted by Gasteiger charge is -2.29. The number of para-hydroxylation sites is 1. The number of carbonyl (C=O) groups is 1. The number of amides is 1. The van der Waals surface area contributed by atoms with Gasteiger partial charge in [-0.05, 0) is 38.3 Å². The highest BCUT2D eigenvalue weighted by Gasteiger charge is 2.24. The van der Waals surface area contributed by atoms with Gasteiger partial charge in [0.25, 0.3) is 0 Å². The normalized spacial score (nSPS) is 14.0. The van der Waals surface area contributed by atoms with Gasteiger partial charge in [-0.3, -0.25) is 4.79 Å². The highest BCUT2D eigenvalue weighted by Crippen LogP contribution is 2.22. The third-order valence-corrected chi connectivity index (χ3v) is 4.45. The zero-order valence-electron chi connectivity index (χ0n) is 13.7. The summed E-state index contributed by atoms with van der Waals surface area (Å²) in [5.41, 5.74) is 1.88. The number of aliphatic hydroxyl groups is 1. The van der Waals surface area contributed by atoms with Crippen LogP contribution in [0.5, 0.6) is 0 Å². The van der Waals surface area contributed by atoms with Gasteiger partial charge in [0.05, 0.1) is 6.42 Å². The number of hydrogen-bond donors (Lipinski definition) is 2. The summed E-state index contributed by atoms with van der Waals surface area (Å²) in [6, 6.07) is 8.18. The van der Waals surface area contributed by atoms with Crippen molar-refractivity contribution >= 4 is 16.8 Å². The molecule has 0 spiro atoms. The van der Waals surface area contributed by atoms with Crippen LogP contribution in [0.4, 0.5) is 0 Å². The second-order valence-electron chi connectivity index (χ2n) is 6.07. The Labute approximate surface area is 132 Å². The summed E-state index contributed by atoms with van der Waals surface area (Å²) >= 11 is 0. The Kier molecular flexibility index (Phi) is 5.24. The molecule has 0 radical (unpaired) electrons. The highest BCUT2D eigenvalue weighted by molar-refractivity contribution is 5.89. The molecule has 2 N–H and O–H groups in total. The second-order valence-corrected chi connectivity index (χ2v) is 6.07. The van der Waals surface area contributed by atoms with Crippen LogP contribution in [-0.4, -0.2) is 27.7 Å². The summed E-state index contributed by atoms with van der Waals surface area (Å²) in [4.78, 5) is 12.4. The second kappa shape index (κ2) is 6.97. The van der Waals surface area contributed by atoms with Crippen LogP contribution >= 0.6 is 0 Å². The van der Waals surface area contributed by atoms with Gasteiger partial charge in [0.1, 0.15) is 0 Å². The van der Waals surface area contributed by atoms with E-state index in [1.165, 1.54) is 5.52 Å². The maximum Gasteiger partial charge on any atom is 0.224 e. The predicted octanol–water partition coefficient (Wildman–Crippen LogP) is 2.87. The number of fused-ring (bicyclic) bond motifs is 1. The first-order valence-corrected chi connectivity index (χ1v) is 8.01. The molecule has 1 heterocycles. The molecule has 1 atom stereocenters. The van der Waals surface area contributed by atoms with Crippen molar-refractivity contribution in [2.45, 2.75) is 52.1 Å². The molecule has 2 aromatic rings. The molecule has 22 heavy (non-hydrogen) atoms. The highest BCUT2D eigenvalue weighted by atomic mass is 16.3. The standard InChI is InChI=1S/C18H26N2O2/c1-4-18(3,10-11-21)19-17(22)12-14-13-20(5-2)16-9-7-6-8-15(14)16/h6-9,13,21H,4-5,10-12H2,1-3H3,(H,19,22). The van der Waals surface area contributed by atoms with Gasteiger partial charge in [-0.2, -0.15) is 0 Å². The van der Waals surface area contributed by atoms with E-state index in [0.717, 1.165) is 23.9 Å². The number of aliphatic hydroxyl groups excluding tert-OH is 1. The molecule has 0 saturated heterocycles. The lowest BCUT2D eigenvalue weighted by atomic mass is 9.94. The largest absolute Gasteiger partial charge is 0.396 e. The Morgan fingerprint density at radius 3 is 2.68 bits per heavy atom. The van der Waals surface area contributed by atoms with Crippen LogP contribution < -0.4 is 5.32 Å². The van der Waals surface area contributed by atoms with Crippen molar-refractivity contribution < 1.29 is 9.90 Å². The van der Waals surface area contributed by atoms with E-state index in [1.807, 2.05) is 26.0 Å². The summed E-state index contributed by atoms with van der Waals surface area (Å²) in [6.07, 6.45) is 3.82. The number of carbonyl (C=O) groups excluding carboxylic acids is 1. The summed E-state index contributed by atoms with van der Waals surface area (Å²) < 4.78 is 2.17. The molecule has 1 unspecified atom stereocenters. The monoisotopic (exact) mass is 302 g/mol. The van der Waals surface area contributed by atoms with Crippen LogP contribution in [0, 0.1) is 0 Å². The Morgan fingerprint density at radius 1 is 1.32 bits per heavy atom. The third-order valence-electron chi connectivity index (χ3n) is 4.45. The Hall–Kier alpha value is -1.81. The average Bonchev–Trinajstić information content (AvgIpc) is 2.85. The minimum absolute atomic E-state index is 0.0109. The summed E-state index contributed by atoms with van der Waals surface area (Å²) in [5.74, 6) is 0.0109. The van der Waals surface area contributed by atoms with Gasteiger partial charge >= 0.3 is 0 Å². The smallest absolute Gasteiger partial charge is 0.224 e. The van der Waals surface area contributed by atoms with E-state index in [0.29, 0.717) is 12.8 Å². The molecule has 1 amide bonds. The number of aromatic nitrogens is 1. The molecule has 0 saturated carbocycles. The zero-order valence-corrected chi connectivity index (χ0v) is 13.7. The lowest BCUT2D eigenvalue weighted by molar-refractivity contribution is -0.122. The first-order valence-electron chi connectivity index (χ1n) is 8.01. The van der Waals surface area contributed by atoms with Crippen LogP contribution in [0.1, 0.15) is 39.2 Å². The number of aryl methyl sites for hydroxylation is 1. The summed E-state index contributed by atoms with van der Waals surface area (Å²) in [5, 5.41) is 13.4. The Morgan fingerprint density at radius 2 is 2.05 bits per heavy atom. The predicted molar refractivity (Wildman–Crippen MR) is 89.9 cm³/mol. The molecule has 4 heteroatoms. The molecule has 0 bridgehead atoms. The van der Waals surface area contributed by atoms with Crippen LogP contribution in [-0.2, 0) is 17.8 Å². The van der Waals surface area contributed by atoms with Crippen molar-refractivity contribution in [1.82, 2.24) is 9.88 Å².